The largest absolute Gasteiger partial charge is 0.368 e. The van der Waals surface area contributed by atoms with Gasteiger partial charge in [-0.15, -0.1) is 0 Å². The van der Waals surface area contributed by atoms with Crippen molar-refractivity contribution in [2.75, 3.05) is 6.54 Å². The zero-order valence-electron chi connectivity index (χ0n) is 12.0. The molecule has 0 radical (unpaired) electrons. The maximum Gasteiger partial charge on any atom is 0.234 e. The van der Waals surface area contributed by atoms with Gasteiger partial charge in [0.05, 0.1) is 12.1 Å². The first kappa shape index (κ1) is 14.9. The van der Waals surface area contributed by atoms with Crippen LogP contribution in [0.4, 0.5) is 0 Å². The van der Waals surface area contributed by atoms with Crippen molar-refractivity contribution in [2.24, 2.45) is 11.5 Å². The smallest absolute Gasteiger partial charge is 0.234 e. The summed E-state index contributed by atoms with van der Waals surface area (Å²) in [6.07, 6.45) is 7.39. The zero-order chi connectivity index (χ0) is 14.5. The highest BCUT2D eigenvalue weighted by Crippen LogP contribution is 2.31. The van der Waals surface area contributed by atoms with E-state index in [0.717, 1.165) is 37.8 Å². The minimum absolute atomic E-state index is 0.00602. The number of likely N-dealkylation sites (tertiary alicyclic amines) is 1. The van der Waals surface area contributed by atoms with Gasteiger partial charge in [0, 0.05) is 18.4 Å². The molecule has 1 fully saturated rings. The van der Waals surface area contributed by atoms with Gasteiger partial charge in [0.2, 0.25) is 5.91 Å². The first-order valence-electron chi connectivity index (χ1n) is 7.35. The van der Waals surface area contributed by atoms with E-state index >= 15 is 0 Å². The van der Waals surface area contributed by atoms with Crippen LogP contribution in [-0.4, -0.2) is 34.4 Å². The Balaban J connectivity index is 2.32. The molecule has 2 heterocycles. The summed E-state index contributed by atoms with van der Waals surface area (Å²) in [6, 6.07) is 3.70. The van der Waals surface area contributed by atoms with Crippen molar-refractivity contribution in [3.63, 3.8) is 0 Å². The molecule has 1 aromatic heterocycles. The van der Waals surface area contributed by atoms with E-state index in [1.165, 1.54) is 0 Å². The number of pyridine rings is 1. The minimum atomic E-state index is -0.248. The predicted octanol–water partition coefficient (Wildman–Crippen LogP) is 1.20. The fourth-order valence-corrected chi connectivity index (χ4v) is 3.05. The van der Waals surface area contributed by atoms with Crippen LogP contribution < -0.4 is 11.5 Å². The van der Waals surface area contributed by atoms with E-state index in [1.54, 1.807) is 6.20 Å². The van der Waals surface area contributed by atoms with Gasteiger partial charge in [0.15, 0.2) is 0 Å². The van der Waals surface area contributed by atoms with Crippen LogP contribution in [0.5, 0.6) is 0 Å². The quantitative estimate of drug-likeness (QED) is 0.846. The number of aromatic nitrogens is 1. The summed E-state index contributed by atoms with van der Waals surface area (Å²) in [5.74, 6) is -0.248. The number of carbonyl (C=O) groups is 1. The van der Waals surface area contributed by atoms with Crippen LogP contribution in [-0.2, 0) is 4.79 Å². The van der Waals surface area contributed by atoms with E-state index in [-0.39, 0.29) is 24.0 Å². The molecular formula is C15H24N4O. The van der Waals surface area contributed by atoms with Crippen LogP contribution in [0.2, 0.25) is 0 Å². The molecule has 1 aliphatic rings. The Kier molecular flexibility index (Phi) is 5.09. The molecule has 0 spiro atoms. The molecule has 0 aliphatic carbocycles. The second-order valence-corrected chi connectivity index (χ2v) is 5.46. The SMILES string of the molecule is CCC(N)C(c1cccnc1)N1CCCCC1C(N)=O. The maximum atomic E-state index is 11.7. The molecule has 5 heteroatoms. The fourth-order valence-electron chi connectivity index (χ4n) is 3.05. The van der Waals surface area contributed by atoms with Crippen LogP contribution >= 0.6 is 0 Å². The van der Waals surface area contributed by atoms with Gasteiger partial charge < -0.3 is 11.5 Å². The third-order valence-corrected chi connectivity index (χ3v) is 4.13. The second kappa shape index (κ2) is 6.81. The summed E-state index contributed by atoms with van der Waals surface area (Å²) in [7, 11) is 0. The molecule has 5 nitrogen and oxygen atoms in total. The van der Waals surface area contributed by atoms with Crippen molar-refractivity contribution in [2.45, 2.75) is 50.7 Å². The van der Waals surface area contributed by atoms with Crippen LogP contribution in [0.3, 0.4) is 0 Å². The fraction of sp³-hybridized carbons (Fsp3) is 0.600. The molecule has 1 aromatic rings. The summed E-state index contributed by atoms with van der Waals surface area (Å²) in [4.78, 5) is 18.1. The number of hydrogen-bond acceptors (Lipinski definition) is 4. The molecule has 1 saturated heterocycles. The third-order valence-electron chi connectivity index (χ3n) is 4.13. The van der Waals surface area contributed by atoms with Crippen molar-refractivity contribution in [3.05, 3.63) is 30.1 Å². The number of carbonyl (C=O) groups excluding carboxylic acids is 1. The first-order chi connectivity index (χ1) is 9.65. The van der Waals surface area contributed by atoms with Crippen molar-refractivity contribution >= 4 is 5.91 Å². The Morgan fingerprint density at radius 2 is 2.35 bits per heavy atom. The summed E-state index contributed by atoms with van der Waals surface area (Å²) in [5, 5.41) is 0. The van der Waals surface area contributed by atoms with Gasteiger partial charge in [-0.2, -0.15) is 0 Å². The highest BCUT2D eigenvalue weighted by molar-refractivity contribution is 5.80. The first-order valence-corrected chi connectivity index (χ1v) is 7.35. The van der Waals surface area contributed by atoms with E-state index < -0.39 is 0 Å². The Hall–Kier alpha value is -1.46. The Morgan fingerprint density at radius 1 is 1.55 bits per heavy atom. The number of primary amides is 1. The topological polar surface area (TPSA) is 85.2 Å². The van der Waals surface area contributed by atoms with Gasteiger partial charge in [-0.25, -0.2) is 0 Å². The number of amides is 1. The lowest BCUT2D eigenvalue weighted by atomic mass is 9.91. The summed E-state index contributed by atoms with van der Waals surface area (Å²) >= 11 is 0. The molecule has 3 atom stereocenters. The van der Waals surface area contributed by atoms with Gasteiger partial charge in [-0.05, 0) is 37.4 Å². The van der Waals surface area contributed by atoms with E-state index in [1.807, 2.05) is 18.3 Å². The van der Waals surface area contributed by atoms with E-state index in [0.29, 0.717) is 0 Å². The third kappa shape index (κ3) is 3.16. The van der Waals surface area contributed by atoms with Crippen molar-refractivity contribution in [3.8, 4) is 0 Å². The van der Waals surface area contributed by atoms with Crippen molar-refractivity contribution in [1.29, 1.82) is 0 Å². The number of nitrogens with two attached hydrogens (primary N) is 2. The molecule has 0 aromatic carbocycles. The Bertz CT molecular complexity index is 437. The predicted molar refractivity (Wildman–Crippen MR) is 78.8 cm³/mol. The lowest BCUT2D eigenvalue weighted by Gasteiger charge is -2.42. The highest BCUT2D eigenvalue weighted by atomic mass is 16.1. The van der Waals surface area contributed by atoms with E-state index in [4.69, 9.17) is 11.5 Å². The average molecular weight is 276 g/mol. The number of hydrogen-bond donors (Lipinski definition) is 2. The molecule has 0 bridgehead atoms. The molecule has 4 N–H and O–H groups in total. The van der Waals surface area contributed by atoms with Crippen LogP contribution in [0.15, 0.2) is 24.5 Å². The molecule has 2 rings (SSSR count). The molecule has 20 heavy (non-hydrogen) atoms. The van der Waals surface area contributed by atoms with Crippen molar-refractivity contribution in [1.82, 2.24) is 9.88 Å². The van der Waals surface area contributed by atoms with Crippen LogP contribution in [0.1, 0.15) is 44.2 Å². The molecule has 0 saturated carbocycles. The average Bonchev–Trinajstić information content (AvgIpc) is 2.48. The van der Waals surface area contributed by atoms with Gasteiger partial charge in [-0.3, -0.25) is 14.7 Å². The summed E-state index contributed by atoms with van der Waals surface area (Å²) in [5.41, 5.74) is 13.0. The normalized spacial score (nSPS) is 23.2. The van der Waals surface area contributed by atoms with Crippen LogP contribution in [0.25, 0.3) is 0 Å². The van der Waals surface area contributed by atoms with Gasteiger partial charge in [-0.1, -0.05) is 19.4 Å². The van der Waals surface area contributed by atoms with Gasteiger partial charge in [0.25, 0.3) is 0 Å². The lowest BCUT2D eigenvalue weighted by molar-refractivity contribution is -0.125. The molecule has 3 unspecified atom stereocenters. The van der Waals surface area contributed by atoms with Crippen molar-refractivity contribution < 1.29 is 4.79 Å². The minimum Gasteiger partial charge on any atom is -0.368 e. The Labute approximate surface area is 120 Å². The second-order valence-electron chi connectivity index (χ2n) is 5.46. The van der Waals surface area contributed by atoms with Crippen LogP contribution in [0, 0.1) is 0 Å². The maximum absolute atomic E-state index is 11.7. The number of piperidine rings is 1. The van der Waals surface area contributed by atoms with E-state index in [9.17, 15) is 4.79 Å². The van der Waals surface area contributed by atoms with Gasteiger partial charge in [0.1, 0.15) is 0 Å². The molecule has 1 amide bonds. The lowest BCUT2D eigenvalue weighted by Crippen LogP contribution is -2.53. The molecule has 1 aliphatic heterocycles. The standard InChI is InChI=1S/C15H24N4O/c1-2-12(16)14(11-6-5-8-18-10-11)19-9-4-3-7-13(19)15(17)20/h5-6,8,10,12-14H,2-4,7,9,16H2,1H3,(H2,17,20). The molecule has 110 valence electrons. The number of rotatable bonds is 5. The zero-order valence-corrected chi connectivity index (χ0v) is 12.0. The summed E-state index contributed by atoms with van der Waals surface area (Å²) < 4.78 is 0. The van der Waals surface area contributed by atoms with Gasteiger partial charge >= 0.3 is 0 Å². The monoisotopic (exact) mass is 276 g/mol. The Morgan fingerprint density at radius 3 is 2.95 bits per heavy atom. The number of nitrogens with zero attached hydrogens (tertiary/aromatic N) is 2. The van der Waals surface area contributed by atoms with E-state index in [2.05, 4.69) is 16.8 Å². The molecular weight excluding hydrogens is 252 g/mol. The summed E-state index contributed by atoms with van der Waals surface area (Å²) in [6.45, 7) is 2.93. The highest BCUT2D eigenvalue weighted by Gasteiger charge is 2.35.